The van der Waals surface area contributed by atoms with Crippen molar-refractivity contribution >= 4 is 19.7 Å². The van der Waals surface area contributed by atoms with E-state index >= 15 is 0 Å². The predicted molar refractivity (Wildman–Crippen MR) is 102 cm³/mol. The number of benzene rings is 3. The summed E-state index contributed by atoms with van der Waals surface area (Å²) in [5, 5.41) is 0. The first kappa shape index (κ1) is 19.9. The Morgan fingerprint density at radius 3 is 1.08 bits per heavy atom. The molecule has 3 rings (SSSR count). The van der Waals surface area contributed by atoms with Crippen LogP contribution in [0.1, 0.15) is 0 Å². The van der Waals surface area contributed by atoms with E-state index in [2.05, 4.69) is 16.2 Å². The standard InChI is InChI=1S/C18H15O4P.CH3ClO/c19-23(20-16-10-4-1-5-11-16,21-17-12-6-2-7-13-17)22-18-14-8-3-9-15-18;1-3-2/h1-15H;1H3. The maximum absolute atomic E-state index is 13.1. The first-order valence-corrected chi connectivity index (χ1v) is 9.41. The summed E-state index contributed by atoms with van der Waals surface area (Å²) in [5.41, 5.74) is 0. The molecule has 7 heteroatoms. The van der Waals surface area contributed by atoms with Gasteiger partial charge in [0.15, 0.2) is 0 Å². The number of rotatable bonds is 6. The van der Waals surface area contributed by atoms with Gasteiger partial charge in [-0.05, 0) is 36.4 Å². The monoisotopic (exact) mass is 392 g/mol. The lowest BCUT2D eigenvalue weighted by Gasteiger charge is -2.19. The Morgan fingerprint density at radius 2 is 0.846 bits per heavy atom. The van der Waals surface area contributed by atoms with Gasteiger partial charge < -0.3 is 13.6 Å². The van der Waals surface area contributed by atoms with Gasteiger partial charge in [0.25, 0.3) is 0 Å². The molecule has 136 valence electrons. The SMILES string of the molecule is COCl.O=P(Oc1ccccc1)(Oc1ccccc1)Oc1ccccc1. The van der Waals surface area contributed by atoms with Crippen LogP contribution < -0.4 is 13.6 Å². The van der Waals surface area contributed by atoms with Crippen LogP contribution in [0.4, 0.5) is 0 Å². The van der Waals surface area contributed by atoms with Gasteiger partial charge in [0, 0.05) is 0 Å². The Labute approximate surface area is 157 Å². The van der Waals surface area contributed by atoms with Crippen LogP contribution in [-0.4, -0.2) is 7.11 Å². The number of hydrogen-bond acceptors (Lipinski definition) is 5. The van der Waals surface area contributed by atoms with Gasteiger partial charge in [0.2, 0.25) is 0 Å². The molecule has 3 aromatic rings. The molecule has 0 aliphatic carbocycles. The molecular formula is C19H18ClO5P. The van der Waals surface area contributed by atoms with E-state index in [1.54, 1.807) is 72.8 Å². The molecule has 5 nitrogen and oxygen atoms in total. The Hall–Kier alpha value is -2.46. The molecule has 0 aromatic heterocycles. The van der Waals surface area contributed by atoms with Crippen LogP contribution in [0.3, 0.4) is 0 Å². The van der Waals surface area contributed by atoms with Crippen molar-refractivity contribution in [3.63, 3.8) is 0 Å². The van der Waals surface area contributed by atoms with Gasteiger partial charge in [-0.3, -0.25) is 4.29 Å². The molecule has 0 atom stereocenters. The van der Waals surface area contributed by atoms with E-state index in [0.717, 1.165) is 0 Å². The second kappa shape index (κ2) is 10.5. The van der Waals surface area contributed by atoms with Crippen LogP contribution >= 0.6 is 19.7 Å². The predicted octanol–water partition coefficient (Wildman–Crippen LogP) is 6.12. The fourth-order valence-corrected chi connectivity index (χ4v) is 3.14. The zero-order valence-corrected chi connectivity index (χ0v) is 15.7. The molecule has 0 fully saturated rings. The molecule has 0 heterocycles. The molecule has 0 aliphatic heterocycles. The minimum atomic E-state index is -3.89. The quantitative estimate of drug-likeness (QED) is 0.473. The van der Waals surface area contributed by atoms with Gasteiger partial charge in [-0.25, -0.2) is 0 Å². The Bertz CT molecular complexity index is 692. The fourth-order valence-electron chi connectivity index (χ4n) is 1.89. The fraction of sp³-hybridized carbons (Fsp3) is 0.0526. The lowest BCUT2D eigenvalue weighted by Crippen LogP contribution is -2.07. The van der Waals surface area contributed by atoms with E-state index < -0.39 is 7.82 Å². The smallest absolute Gasteiger partial charge is 0.386 e. The summed E-state index contributed by atoms with van der Waals surface area (Å²) in [4.78, 5) is 0. The third-order valence-corrected chi connectivity index (χ3v) is 4.18. The maximum Gasteiger partial charge on any atom is 0.647 e. The highest BCUT2D eigenvalue weighted by Crippen LogP contribution is 2.49. The lowest BCUT2D eigenvalue weighted by molar-refractivity contribution is 0.298. The Balaban J connectivity index is 0.000000758. The Morgan fingerprint density at radius 1 is 0.615 bits per heavy atom. The molecule has 0 bridgehead atoms. The van der Waals surface area contributed by atoms with E-state index in [0.29, 0.717) is 17.2 Å². The highest BCUT2D eigenvalue weighted by molar-refractivity contribution is 7.49. The molecule has 0 spiro atoms. The van der Waals surface area contributed by atoms with Crippen LogP contribution in [0.15, 0.2) is 91.0 Å². The second-order valence-corrected chi connectivity index (χ2v) is 6.57. The van der Waals surface area contributed by atoms with E-state index in [4.69, 9.17) is 13.6 Å². The van der Waals surface area contributed by atoms with Crippen molar-refractivity contribution in [3.05, 3.63) is 91.0 Å². The van der Waals surface area contributed by atoms with Crippen molar-refractivity contribution in [2.45, 2.75) is 0 Å². The van der Waals surface area contributed by atoms with Crippen molar-refractivity contribution < 1.29 is 22.4 Å². The summed E-state index contributed by atoms with van der Waals surface area (Å²) < 4.78 is 33.3. The molecule has 0 saturated carbocycles. The lowest BCUT2D eigenvalue weighted by atomic mass is 10.3. The number of hydrogen-bond donors (Lipinski definition) is 0. The summed E-state index contributed by atoms with van der Waals surface area (Å²) in [6, 6.07) is 26.4. The van der Waals surface area contributed by atoms with E-state index in [-0.39, 0.29) is 0 Å². The van der Waals surface area contributed by atoms with Gasteiger partial charge in [0.1, 0.15) is 17.2 Å². The van der Waals surface area contributed by atoms with Crippen LogP contribution in [0.25, 0.3) is 0 Å². The zero-order valence-electron chi connectivity index (χ0n) is 14.0. The van der Waals surface area contributed by atoms with Crippen LogP contribution in [0, 0.1) is 0 Å². The number of para-hydroxylation sites is 3. The minimum Gasteiger partial charge on any atom is -0.386 e. The normalized spacial score (nSPS) is 10.2. The minimum absolute atomic E-state index is 0.405. The van der Waals surface area contributed by atoms with E-state index in [1.165, 1.54) is 7.11 Å². The number of phosphoric ester groups is 1. The van der Waals surface area contributed by atoms with Gasteiger partial charge in [-0.2, -0.15) is 4.57 Å². The van der Waals surface area contributed by atoms with Crippen molar-refractivity contribution in [1.82, 2.24) is 0 Å². The highest BCUT2D eigenvalue weighted by Gasteiger charge is 2.33. The van der Waals surface area contributed by atoms with Gasteiger partial charge in [-0.1, -0.05) is 54.6 Å². The van der Waals surface area contributed by atoms with Crippen molar-refractivity contribution in [3.8, 4) is 17.2 Å². The molecular weight excluding hydrogens is 375 g/mol. The molecule has 26 heavy (non-hydrogen) atoms. The summed E-state index contributed by atoms with van der Waals surface area (Å²) in [7, 11) is -2.49. The largest absolute Gasteiger partial charge is 0.647 e. The zero-order chi connectivity index (χ0) is 18.7. The summed E-state index contributed by atoms with van der Waals surface area (Å²) >= 11 is 4.50. The Kier molecular flexibility index (Phi) is 8.03. The average Bonchev–Trinajstić information content (AvgIpc) is 2.64. The van der Waals surface area contributed by atoms with Crippen LogP contribution in [0.2, 0.25) is 0 Å². The molecule has 3 aromatic carbocycles. The maximum atomic E-state index is 13.1. The summed E-state index contributed by atoms with van der Waals surface area (Å²) in [6.45, 7) is 0. The molecule has 0 saturated heterocycles. The van der Waals surface area contributed by atoms with Crippen molar-refractivity contribution in [2.75, 3.05) is 7.11 Å². The first-order chi connectivity index (χ1) is 12.6. The molecule has 0 aliphatic rings. The molecule has 0 unspecified atom stereocenters. The highest BCUT2D eigenvalue weighted by atomic mass is 35.5. The van der Waals surface area contributed by atoms with Crippen molar-refractivity contribution in [2.24, 2.45) is 0 Å². The second-order valence-electron chi connectivity index (χ2n) is 4.81. The molecule has 0 radical (unpaired) electrons. The van der Waals surface area contributed by atoms with Crippen LogP contribution in [0.5, 0.6) is 17.2 Å². The third-order valence-electron chi connectivity index (χ3n) is 2.88. The summed E-state index contributed by atoms with van der Waals surface area (Å²) in [6.07, 6.45) is 0. The molecule has 0 amide bonds. The summed E-state index contributed by atoms with van der Waals surface area (Å²) in [5.74, 6) is 1.22. The van der Waals surface area contributed by atoms with Gasteiger partial charge >= 0.3 is 7.82 Å². The third kappa shape index (κ3) is 6.81. The van der Waals surface area contributed by atoms with Crippen molar-refractivity contribution in [1.29, 1.82) is 0 Å². The first-order valence-electron chi connectivity index (χ1n) is 7.64. The average molecular weight is 393 g/mol. The van der Waals surface area contributed by atoms with Crippen LogP contribution in [-0.2, 0) is 8.85 Å². The van der Waals surface area contributed by atoms with Gasteiger partial charge in [0.05, 0.1) is 19.0 Å². The number of halogens is 1. The van der Waals surface area contributed by atoms with Gasteiger partial charge in [-0.15, -0.1) is 0 Å². The van der Waals surface area contributed by atoms with E-state index in [1.807, 2.05) is 18.2 Å². The molecule has 0 N–H and O–H groups in total. The topological polar surface area (TPSA) is 54.0 Å². The number of phosphoric acid groups is 1. The van der Waals surface area contributed by atoms with E-state index in [9.17, 15) is 4.57 Å².